The van der Waals surface area contributed by atoms with E-state index < -0.39 is 23.3 Å². The average Bonchev–Trinajstić information content (AvgIpc) is 3.04. The first-order valence-corrected chi connectivity index (χ1v) is 9.50. The smallest absolute Gasteiger partial charge is 0.344 e. The molecule has 0 spiro atoms. The number of nitrogens with zero attached hydrogens (tertiary/aromatic N) is 1. The molecule has 0 fully saturated rings. The van der Waals surface area contributed by atoms with E-state index >= 15 is 0 Å². The molecule has 0 radical (unpaired) electrons. The van der Waals surface area contributed by atoms with E-state index in [4.69, 9.17) is 15.2 Å². The molecule has 1 amide bonds. The largest absolute Gasteiger partial charge is 0.481 e. The Morgan fingerprint density at radius 3 is 2.33 bits per heavy atom. The van der Waals surface area contributed by atoms with E-state index in [1.807, 2.05) is 41.0 Å². The van der Waals surface area contributed by atoms with Crippen LogP contribution in [0.25, 0.3) is 10.9 Å². The van der Waals surface area contributed by atoms with Crippen molar-refractivity contribution in [2.75, 3.05) is 6.61 Å². The molecule has 30 heavy (non-hydrogen) atoms. The van der Waals surface area contributed by atoms with Crippen molar-refractivity contribution in [2.24, 2.45) is 5.73 Å². The third-order valence-corrected chi connectivity index (χ3v) is 4.30. The first-order valence-electron chi connectivity index (χ1n) is 9.50. The summed E-state index contributed by atoms with van der Waals surface area (Å²) in [7, 11) is 0. The summed E-state index contributed by atoms with van der Waals surface area (Å²) < 4.78 is 12.8. The van der Waals surface area contributed by atoms with E-state index in [0.717, 1.165) is 5.56 Å². The second kappa shape index (κ2) is 8.41. The van der Waals surface area contributed by atoms with Crippen LogP contribution in [0.1, 0.15) is 36.7 Å². The number of hydrogen-bond donors (Lipinski definition) is 1. The molecule has 0 atom stereocenters. The molecule has 0 saturated heterocycles. The summed E-state index contributed by atoms with van der Waals surface area (Å²) >= 11 is 0. The number of hydrogen-bond acceptors (Lipinski definition) is 5. The van der Waals surface area contributed by atoms with Crippen LogP contribution in [0.4, 0.5) is 0 Å². The summed E-state index contributed by atoms with van der Waals surface area (Å²) in [6, 6.07) is 14.9. The Morgan fingerprint density at radius 1 is 1.00 bits per heavy atom. The first kappa shape index (κ1) is 21.1. The molecule has 7 heteroatoms. The molecular weight excluding hydrogens is 384 g/mol. The number of ketones is 1. The minimum absolute atomic E-state index is 0.133. The molecular formula is C23H24N2O5. The highest BCUT2D eigenvalue weighted by Gasteiger charge is 2.23. The van der Waals surface area contributed by atoms with Crippen molar-refractivity contribution in [3.8, 4) is 5.75 Å². The summed E-state index contributed by atoms with van der Waals surface area (Å²) in [4.78, 5) is 36.1. The zero-order chi connectivity index (χ0) is 21.9. The highest BCUT2D eigenvalue weighted by molar-refractivity contribution is 6.44. The monoisotopic (exact) mass is 408 g/mol. The molecule has 1 aromatic heterocycles. The second-order valence-electron chi connectivity index (χ2n) is 7.88. The van der Waals surface area contributed by atoms with Crippen LogP contribution in [0.2, 0.25) is 0 Å². The van der Waals surface area contributed by atoms with E-state index in [2.05, 4.69) is 0 Å². The van der Waals surface area contributed by atoms with Crippen molar-refractivity contribution in [3.63, 3.8) is 0 Å². The Balaban J connectivity index is 2.00. The molecule has 0 aliphatic rings. The van der Waals surface area contributed by atoms with E-state index in [-0.39, 0.29) is 12.2 Å². The topological polar surface area (TPSA) is 101 Å². The van der Waals surface area contributed by atoms with Gasteiger partial charge in [0.1, 0.15) is 11.4 Å². The molecule has 2 N–H and O–H groups in total. The predicted octanol–water partition coefficient (Wildman–Crippen LogP) is 3.08. The number of Topliss-reactive ketones (excluding diaryl/α,β-unsaturated/α-hetero) is 1. The van der Waals surface area contributed by atoms with Gasteiger partial charge in [-0.1, -0.05) is 36.4 Å². The van der Waals surface area contributed by atoms with Gasteiger partial charge in [0.15, 0.2) is 6.61 Å². The lowest BCUT2D eigenvalue weighted by atomic mass is 10.1. The van der Waals surface area contributed by atoms with Gasteiger partial charge in [-0.05, 0) is 38.5 Å². The van der Waals surface area contributed by atoms with Crippen molar-refractivity contribution < 1.29 is 23.9 Å². The van der Waals surface area contributed by atoms with Gasteiger partial charge in [-0.25, -0.2) is 4.79 Å². The van der Waals surface area contributed by atoms with Crippen LogP contribution in [0.3, 0.4) is 0 Å². The molecule has 0 saturated carbocycles. The van der Waals surface area contributed by atoms with Crippen molar-refractivity contribution in [2.45, 2.75) is 32.9 Å². The van der Waals surface area contributed by atoms with Crippen LogP contribution >= 0.6 is 0 Å². The van der Waals surface area contributed by atoms with Gasteiger partial charge < -0.3 is 19.8 Å². The van der Waals surface area contributed by atoms with E-state index in [0.29, 0.717) is 23.2 Å². The SMILES string of the molecule is CC(C)(C)OC(=O)COc1cccc2c1c(C(=O)C(N)=O)cn2Cc1ccccc1. The Bertz CT molecular complexity index is 1090. The van der Waals surface area contributed by atoms with E-state index in [1.165, 1.54) is 0 Å². The first-order chi connectivity index (χ1) is 14.2. The number of ether oxygens (including phenoxy) is 2. The molecule has 2 aromatic carbocycles. The predicted molar refractivity (Wildman–Crippen MR) is 112 cm³/mol. The molecule has 156 valence electrons. The summed E-state index contributed by atoms with van der Waals surface area (Å²) in [5.74, 6) is -2.11. The van der Waals surface area contributed by atoms with Gasteiger partial charge in [-0.2, -0.15) is 0 Å². The van der Waals surface area contributed by atoms with Gasteiger partial charge >= 0.3 is 5.97 Å². The van der Waals surface area contributed by atoms with Gasteiger partial charge in [-0.15, -0.1) is 0 Å². The molecule has 1 heterocycles. The highest BCUT2D eigenvalue weighted by Crippen LogP contribution is 2.32. The number of esters is 1. The van der Waals surface area contributed by atoms with Gasteiger partial charge in [0.25, 0.3) is 11.7 Å². The van der Waals surface area contributed by atoms with Crippen molar-refractivity contribution in [1.29, 1.82) is 0 Å². The van der Waals surface area contributed by atoms with E-state index in [9.17, 15) is 14.4 Å². The average molecular weight is 408 g/mol. The van der Waals surface area contributed by atoms with Crippen LogP contribution in [0.15, 0.2) is 54.7 Å². The third-order valence-electron chi connectivity index (χ3n) is 4.30. The summed E-state index contributed by atoms with van der Waals surface area (Å²) in [5.41, 5.74) is 6.45. The van der Waals surface area contributed by atoms with Crippen LogP contribution in [0.5, 0.6) is 5.75 Å². The molecule has 3 aromatic rings. The van der Waals surface area contributed by atoms with Crippen LogP contribution in [-0.2, 0) is 20.9 Å². The number of carbonyl (C=O) groups excluding carboxylic acids is 3. The Morgan fingerprint density at radius 2 is 1.70 bits per heavy atom. The van der Waals surface area contributed by atoms with Gasteiger partial charge in [-0.3, -0.25) is 9.59 Å². The lowest BCUT2D eigenvalue weighted by molar-refractivity contribution is -0.157. The second-order valence-corrected chi connectivity index (χ2v) is 7.88. The number of carbonyl (C=O) groups is 3. The summed E-state index contributed by atoms with van der Waals surface area (Å²) in [5, 5.41) is 0.431. The molecule has 7 nitrogen and oxygen atoms in total. The maximum atomic E-state index is 12.5. The summed E-state index contributed by atoms with van der Waals surface area (Å²) in [6.07, 6.45) is 1.59. The third kappa shape index (κ3) is 4.86. The number of rotatable bonds is 7. The lowest BCUT2D eigenvalue weighted by Gasteiger charge is -2.19. The quantitative estimate of drug-likeness (QED) is 0.368. The Kier molecular flexibility index (Phi) is 5.91. The molecule has 0 aliphatic heterocycles. The number of amides is 1. The molecule has 0 unspecified atom stereocenters. The van der Waals surface area contributed by atoms with Crippen LogP contribution in [0, 0.1) is 0 Å². The minimum atomic E-state index is -1.06. The van der Waals surface area contributed by atoms with Gasteiger partial charge in [0, 0.05) is 12.7 Å². The van der Waals surface area contributed by atoms with Crippen molar-refractivity contribution in [1.82, 2.24) is 4.57 Å². The Hall–Kier alpha value is -3.61. The van der Waals surface area contributed by atoms with Crippen LogP contribution < -0.4 is 10.5 Å². The Labute approximate surface area is 174 Å². The normalized spacial score (nSPS) is 11.3. The number of primary amides is 1. The lowest BCUT2D eigenvalue weighted by Crippen LogP contribution is -2.27. The molecule has 0 aliphatic carbocycles. The van der Waals surface area contributed by atoms with Crippen molar-refractivity contribution >= 4 is 28.6 Å². The maximum absolute atomic E-state index is 12.5. The summed E-state index contributed by atoms with van der Waals surface area (Å²) in [6.45, 7) is 5.44. The fourth-order valence-electron chi connectivity index (χ4n) is 3.16. The zero-order valence-corrected chi connectivity index (χ0v) is 17.2. The fourth-order valence-corrected chi connectivity index (χ4v) is 3.16. The van der Waals surface area contributed by atoms with Crippen LogP contribution in [-0.4, -0.2) is 34.4 Å². The highest BCUT2D eigenvalue weighted by atomic mass is 16.6. The number of nitrogens with two attached hydrogens (primary N) is 1. The number of benzene rings is 2. The molecule has 3 rings (SSSR count). The molecule has 0 bridgehead atoms. The fraction of sp³-hybridized carbons (Fsp3) is 0.261. The van der Waals surface area contributed by atoms with Gasteiger partial charge in [0.05, 0.1) is 16.5 Å². The number of fused-ring (bicyclic) bond motifs is 1. The van der Waals surface area contributed by atoms with E-state index in [1.54, 1.807) is 39.1 Å². The van der Waals surface area contributed by atoms with Crippen molar-refractivity contribution in [3.05, 3.63) is 65.9 Å². The standard InChI is InChI=1S/C23H24N2O5/c1-23(2,3)30-19(26)14-29-18-11-7-10-17-20(18)16(21(27)22(24)28)13-25(17)12-15-8-5-4-6-9-15/h4-11,13H,12,14H2,1-3H3,(H2,24,28). The zero-order valence-electron chi connectivity index (χ0n) is 17.2. The minimum Gasteiger partial charge on any atom is -0.481 e. The van der Waals surface area contributed by atoms with Gasteiger partial charge in [0.2, 0.25) is 0 Å². The maximum Gasteiger partial charge on any atom is 0.344 e. The number of aromatic nitrogens is 1.